The van der Waals surface area contributed by atoms with E-state index in [9.17, 15) is 4.79 Å². The van der Waals surface area contributed by atoms with Gasteiger partial charge in [0.05, 0.1) is 40.1 Å². The van der Waals surface area contributed by atoms with E-state index in [1.165, 1.54) is 6.20 Å². The van der Waals surface area contributed by atoms with Crippen LogP contribution in [0.4, 0.5) is 5.69 Å². The average Bonchev–Trinajstić information content (AvgIpc) is 3.57. The van der Waals surface area contributed by atoms with Gasteiger partial charge in [-0.05, 0) is 32.0 Å². The van der Waals surface area contributed by atoms with E-state index in [0.717, 1.165) is 19.4 Å². The molecule has 31 heavy (non-hydrogen) atoms. The summed E-state index contributed by atoms with van der Waals surface area (Å²) in [5.41, 5.74) is 6.92. The van der Waals surface area contributed by atoms with E-state index in [1.807, 2.05) is 7.05 Å². The number of benzene rings is 1. The molecule has 1 amide bonds. The fraction of sp³-hybridized carbons (Fsp3) is 0.350. The Hall–Kier alpha value is -2.75. The molecule has 9 nitrogen and oxygen atoms in total. The molecular formula is C20H25Cl2N7O2. The summed E-state index contributed by atoms with van der Waals surface area (Å²) in [6.45, 7) is 1.46. The van der Waals surface area contributed by atoms with Gasteiger partial charge < -0.3 is 26.4 Å². The molecule has 2 aliphatic rings. The molecule has 1 aliphatic heterocycles. The van der Waals surface area contributed by atoms with Gasteiger partial charge in [0.15, 0.2) is 0 Å². The number of carbonyl (C=O) groups is 1. The summed E-state index contributed by atoms with van der Waals surface area (Å²) < 4.78 is 5.92. The minimum absolute atomic E-state index is 0.0705. The van der Waals surface area contributed by atoms with E-state index >= 15 is 0 Å². The minimum Gasteiger partial charge on any atom is -0.475 e. The van der Waals surface area contributed by atoms with Crippen LogP contribution in [0.15, 0.2) is 51.5 Å². The number of para-hydroxylation sites is 1. The molecule has 1 saturated carbocycles. The van der Waals surface area contributed by atoms with Crippen LogP contribution in [0.3, 0.4) is 0 Å². The highest BCUT2D eigenvalue weighted by Gasteiger charge is 2.30. The van der Waals surface area contributed by atoms with Crippen molar-refractivity contribution in [3.05, 3.63) is 51.6 Å². The first kappa shape index (κ1) is 22.9. The van der Waals surface area contributed by atoms with E-state index in [0.29, 0.717) is 45.4 Å². The number of carbonyl (C=O) groups excluding carboxylic acids is 1. The zero-order valence-electron chi connectivity index (χ0n) is 17.0. The van der Waals surface area contributed by atoms with E-state index in [2.05, 4.69) is 31.3 Å². The first-order valence-electron chi connectivity index (χ1n) is 9.81. The highest BCUT2D eigenvalue weighted by molar-refractivity contribution is 6.40. The maximum atomic E-state index is 12.9. The average molecular weight is 466 g/mol. The number of hydrogen-bond donors (Lipinski definition) is 5. The summed E-state index contributed by atoms with van der Waals surface area (Å²) in [5.74, 6) is 0.341. The normalized spacial score (nSPS) is 16.7. The molecular weight excluding hydrogens is 441 g/mol. The van der Waals surface area contributed by atoms with Gasteiger partial charge in [0.1, 0.15) is 6.10 Å². The Balaban J connectivity index is 1.71. The van der Waals surface area contributed by atoms with Crippen LogP contribution in [-0.2, 0) is 9.53 Å². The third-order valence-electron chi connectivity index (χ3n) is 4.35. The van der Waals surface area contributed by atoms with Crippen molar-refractivity contribution in [1.29, 1.82) is 0 Å². The summed E-state index contributed by atoms with van der Waals surface area (Å²) in [4.78, 5) is 21.6. The Bertz CT molecular complexity index is 919. The minimum atomic E-state index is -0.399. The number of halogens is 2. The summed E-state index contributed by atoms with van der Waals surface area (Å²) >= 11 is 12.3. The van der Waals surface area contributed by atoms with Crippen LogP contribution in [0.2, 0.25) is 10.0 Å². The number of guanidine groups is 1. The molecule has 1 aliphatic carbocycles. The molecule has 1 fully saturated rings. The maximum Gasteiger partial charge on any atom is 0.258 e. The molecule has 0 spiro atoms. The zero-order valence-corrected chi connectivity index (χ0v) is 18.6. The molecule has 0 atom stereocenters. The predicted molar refractivity (Wildman–Crippen MR) is 124 cm³/mol. The number of nitrogens with zero attached hydrogens (tertiary/aromatic N) is 2. The smallest absolute Gasteiger partial charge is 0.258 e. The molecule has 166 valence electrons. The second-order valence-corrected chi connectivity index (χ2v) is 7.67. The van der Waals surface area contributed by atoms with E-state index in [4.69, 9.17) is 33.7 Å². The van der Waals surface area contributed by atoms with Crippen LogP contribution >= 0.6 is 23.2 Å². The maximum absolute atomic E-state index is 12.9. The van der Waals surface area contributed by atoms with Crippen molar-refractivity contribution in [2.24, 2.45) is 15.7 Å². The molecule has 6 N–H and O–H groups in total. The van der Waals surface area contributed by atoms with Gasteiger partial charge in [-0.3, -0.25) is 15.1 Å². The van der Waals surface area contributed by atoms with Gasteiger partial charge in [0, 0.05) is 19.0 Å². The Morgan fingerprint density at radius 2 is 2.10 bits per heavy atom. The van der Waals surface area contributed by atoms with Crippen molar-refractivity contribution in [2.45, 2.75) is 18.9 Å². The number of nitrogens with one attached hydrogen (secondary N) is 4. The summed E-state index contributed by atoms with van der Waals surface area (Å²) in [6, 6.07) is 5.00. The van der Waals surface area contributed by atoms with Gasteiger partial charge in [-0.1, -0.05) is 29.3 Å². The number of ether oxygens (including phenoxy) is 1. The number of likely N-dealkylation sites (N-methyl/N-ethyl adjacent to an activating group) is 1. The van der Waals surface area contributed by atoms with Crippen LogP contribution in [-0.4, -0.2) is 50.9 Å². The third kappa shape index (κ3) is 6.61. The van der Waals surface area contributed by atoms with Crippen molar-refractivity contribution < 1.29 is 9.53 Å². The predicted octanol–water partition coefficient (Wildman–Crippen LogP) is 1.96. The molecule has 0 aromatic heterocycles. The summed E-state index contributed by atoms with van der Waals surface area (Å²) in [7, 11) is 1.86. The van der Waals surface area contributed by atoms with Crippen molar-refractivity contribution in [1.82, 2.24) is 16.0 Å². The number of amides is 1. The third-order valence-corrected chi connectivity index (χ3v) is 4.98. The quantitative estimate of drug-likeness (QED) is 0.280. The number of aliphatic imine (C=N–C) groups is 2. The van der Waals surface area contributed by atoms with Crippen molar-refractivity contribution >= 4 is 47.0 Å². The molecule has 0 bridgehead atoms. The molecule has 3 rings (SSSR count). The second kappa shape index (κ2) is 11.0. The van der Waals surface area contributed by atoms with Crippen LogP contribution in [0.1, 0.15) is 12.8 Å². The molecule has 0 saturated heterocycles. The number of rotatable bonds is 9. The second-order valence-electron chi connectivity index (χ2n) is 6.85. The lowest BCUT2D eigenvalue weighted by atomic mass is 10.2. The molecule has 11 heteroatoms. The van der Waals surface area contributed by atoms with Gasteiger partial charge in [-0.2, -0.15) is 0 Å². The molecule has 0 unspecified atom stereocenters. The topological polar surface area (TPSA) is 125 Å². The van der Waals surface area contributed by atoms with Crippen LogP contribution in [0.25, 0.3) is 0 Å². The number of anilines is 1. The lowest BCUT2D eigenvalue weighted by Crippen LogP contribution is -2.42. The molecule has 1 aromatic carbocycles. The largest absolute Gasteiger partial charge is 0.475 e. The Morgan fingerprint density at radius 3 is 2.74 bits per heavy atom. The summed E-state index contributed by atoms with van der Waals surface area (Å²) in [5, 5.41) is 12.5. The molecule has 0 radical (unpaired) electrons. The monoisotopic (exact) mass is 465 g/mol. The van der Waals surface area contributed by atoms with E-state index in [1.54, 1.807) is 24.4 Å². The molecule has 1 heterocycles. The first-order chi connectivity index (χ1) is 15.0. The fourth-order valence-corrected chi connectivity index (χ4v) is 3.04. The van der Waals surface area contributed by atoms with Crippen molar-refractivity contribution in [3.8, 4) is 0 Å². The van der Waals surface area contributed by atoms with Gasteiger partial charge in [-0.25, -0.2) is 4.99 Å². The highest BCUT2D eigenvalue weighted by Crippen LogP contribution is 2.31. The summed E-state index contributed by atoms with van der Waals surface area (Å²) in [6.07, 6.45) is 4.94. The van der Waals surface area contributed by atoms with Gasteiger partial charge in [0.25, 0.3) is 5.91 Å². The van der Waals surface area contributed by atoms with E-state index in [-0.39, 0.29) is 12.6 Å². The Morgan fingerprint density at radius 1 is 1.35 bits per heavy atom. The van der Waals surface area contributed by atoms with Crippen molar-refractivity contribution in [3.63, 3.8) is 0 Å². The first-order valence-corrected chi connectivity index (χ1v) is 10.6. The number of hydrogen-bond acceptors (Lipinski definition) is 8. The lowest BCUT2D eigenvalue weighted by molar-refractivity contribution is -0.113. The van der Waals surface area contributed by atoms with Gasteiger partial charge >= 0.3 is 0 Å². The van der Waals surface area contributed by atoms with Crippen molar-refractivity contribution in [2.75, 3.05) is 32.0 Å². The van der Waals surface area contributed by atoms with E-state index < -0.39 is 5.91 Å². The standard InChI is InChI=1S/C20H25Cl2N7O2/c1-24-7-8-25-10-12(9-23)27-20-26-11-14(19(29-20)31-13-5-6-13)18(30)28-17-15(21)3-2-4-16(17)22/h2-4,9-10,13,24H,5-8,11,23H2,1H3,(H,28,30)(H2,26,27,29)/b12-9+,25-10?. The van der Waals surface area contributed by atoms with Gasteiger partial charge in [0.2, 0.25) is 11.8 Å². The van der Waals surface area contributed by atoms with Crippen LogP contribution in [0.5, 0.6) is 0 Å². The Kier molecular flexibility index (Phi) is 8.16. The van der Waals surface area contributed by atoms with Crippen LogP contribution < -0.4 is 27.0 Å². The van der Waals surface area contributed by atoms with Gasteiger partial charge in [-0.15, -0.1) is 0 Å². The highest BCUT2D eigenvalue weighted by atomic mass is 35.5. The SMILES string of the molecule is CNCCN=C/C(=C\N)NC1=NCC(C(=O)Nc2c(Cl)cccc2Cl)=C(OC2CC2)N1. The number of nitrogens with two attached hydrogens (primary N) is 1. The Labute approximate surface area is 190 Å². The number of allylic oxidation sites excluding steroid dienone is 1. The molecule has 1 aromatic rings. The lowest BCUT2D eigenvalue weighted by Gasteiger charge is -2.23. The fourth-order valence-electron chi connectivity index (χ4n) is 2.55. The zero-order chi connectivity index (χ0) is 22.2. The van der Waals surface area contributed by atoms with Crippen LogP contribution in [0, 0.1) is 0 Å².